The van der Waals surface area contributed by atoms with E-state index in [9.17, 15) is 19.8 Å². The van der Waals surface area contributed by atoms with Gasteiger partial charge in [-0.15, -0.1) is 0 Å². The molecule has 1 aromatic carbocycles. The van der Waals surface area contributed by atoms with Crippen molar-refractivity contribution in [1.82, 2.24) is 5.32 Å². The minimum absolute atomic E-state index is 0.0310. The van der Waals surface area contributed by atoms with Gasteiger partial charge in [0, 0.05) is 26.5 Å². The molecule has 2 saturated heterocycles. The van der Waals surface area contributed by atoms with E-state index in [-0.39, 0.29) is 23.8 Å². The quantitative estimate of drug-likeness (QED) is 0.467. The van der Waals surface area contributed by atoms with E-state index in [1.165, 1.54) is 19.1 Å². The largest absolute Gasteiger partial charge is 0.495 e. The Bertz CT molecular complexity index is 1190. The number of rotatable bonds is 2. The van der Waals surface area contributed by atoms with Crippen LogP contribution in [0.25, 0.3) is 0 Å². The molecule has 3 aliphatic heterocycles. The van der Waals surface area contributed by atoms with Gasteiger partial charge in [0.15, 0.2) is 5.72 Å². The highest BCUT2D eigenvalue weighted by Crippen LogP contribution is 2.48. The molecule has 0 spiro atoms. The Kier molecular flexibility index (Phi) is 8.35. The molecule has 3 heterocycles. The Morgan fingerprint density at radius 1 is 1.26 bits per heavy atom. The molecule has 0 aliphatic carbocycles. The van der Waals surface area contributed by atoms with Gasteiger partial charge >= 0.3 is 6.09 Å². The van der Waals surface area contributed by atoms with E-state index >= 15 is 0 Å². The molecule has 7 atom stereocenters. The molecule has 2 fully saturated rings. The van der Waals surface area contributed by atoms with Crippen LogP contribution in [-0.2, 0) is 25.4 Å². The van der Waals surface area contributed by atoms with Crippen LogP contribution in [0, 0.1) is 5.92 Å². The van der Waals surface area contributed by atoms with Crippen molar-refractivity contribution in [1.29, 1.82) is 0 Å². The van der Waals surface area contributed by atoms with Gasteiger partial charge < -0.3 is 34.1 Å². The van der Waals surface area contributed by atoms with E-state index < -0.39 is 47.8 Å². The molecular formula is C28H37ClN2O8. The molecule has 0 saturated carbocycles. The van der Waals surface area contributed by atoms with Gasteiger partial charge in [0.05, 0.1) is 31.4 Å². The summed E-state index contributed by atoms with van der Waals surface area (Å²) in [5.74, 6) is -0.323. The van der Waals surface area contributed by atoms with Crippen LogP contribution in [0.2, 0.25) is 5.02 Å². The van der Waals surface area contributed by atoms with Crippen molar-refractivity contribution >= 4 is 29.3 Å². The predicted octanol–water partition coefficient (Wildman–Crippen LogP) is 3.12. The van der Waals surface area contributed by atoms with Gasteiger partial charge in [0.25, 0.3) is 0 Å². The van der Waals surface area contributed by atoms with Crippen LogP contribution in [0.3, 0.4) is 0 Å². The molecule has 2 amide bonds. The maximum Gasteiger partial charge on any atom is 0.409 e. The van der Waals surface area contributed by atoms with Gasteiger partial charge in [-0.25, -0.2) is 4.79 Å². The SMILES string of the molecule is COc1cc2cc(c1Cl)N(C)C(=O)C[C@H](O)[C@]1(C)O[C@H]1[C@H](C)C1CC(O)(NC(=O)O1)[C@H](OC)/C=C/C=C(\C)C2. The molecule has 1 aromatic rings. The first-order valence-corrected chi connectivity index (χ1v) is 13.3. The zero-order valence-corrected chi connectivity index (χ0v) is 23.8. The summed E-state index contributed by atoms with van der Waals surface area (Å²) in [6.07, 6.45) is 1.63. The van der Waals surface area contributed by atoms with Crippen molar-refractivity contribution in [3.63, 3.8) is 0 Å². The summed E-state index contributed by atoms with van der Waals surface area (Å²) in [6.45, 7) is 5.48. The fraction of sp³-hybridized carbons (Fsp3) is 0.571. The molecule has 0 aromatic heterocycles. The number of halogens is 1. The van der Waals surface area contributed by atoms with Crippen molar-refractivity contribution in [2.75, 3.05) is 26.2 Å². The zero-order chi connectivity index (χ0) is 28.7. The smallest absolute Gasteiger partial charge is 0.409 e. The molecule has 214 valence electrons. The number of aliphatic hydroxyl groups is 2. The lowest BCUT2D eigenvalue weighted by Gasteiger charge is -2.42. The third-order valence-electron chi connectivity index (χ3n) is 7.98. The minimum Gasteiger partial charge on any atom is -0.495 e. The number of fused-ring (bicyclic) bond motifs is 5. The van der Waals surface area contributed by atoms with E-state index in [0.717, 1.165) is 11.1 Å². The standard InChI is InChI=1S/C28H37ClN2O8/c1-15-8-7-9-22(37-6)28(35)14-20(38-26(34)30-28)16(2)25-27(3,39-25)21(32)13-23(33)31(4)18-11-17(10-15)12-19(36-5)24(18)29/h7-9,11-12,16,20-22,25,32,35H,10,13-14H2,1-6H3,(H,30,34)/b9-7+,15-8+/t16-,20?,21+,22-,25+,27+,28?/m1/s1. The topological polar surface area (TPSA) is 130 Å². The van der Waals surface area contributed by atoms with Crippen molar-refractivity contribution in [2.24, 2.45) is 5.92 Å². The average Bonchev–Trinajstić information content (AvgIpc) is 3.58. The van der Waals surface area contributed by atoms with Gasteiger partial charge in [-0.3, -0.25) is 10.1 Å². The van der Waals surface area contributed by atoms with Gasteiger partial charge in [-0.05, 0) is 38.0 Å². The first kappa shape index (κ1) is 29.4. The van der Waals surface area contributed by atoms with Crippen LogP contribution in [0.15, 0.2) is 35.9 Å². The molecule has 39 heavy (non-hydrogen) atoms. The number of hydrogen-bond donors (Lipinski definition) is 3. The number of alkyl carbamates (subject to hydrolysis) is 1. The van der Waals surface area contributed by atoms with Crippen molar-refractivity contribution in [3.8, 4) is 5.75 Å². The van der Waals surface area contributed by atoms with Gasteiger partial charge in [0.1, 0.15) is 28.6 Å². The maximum atomic E-state index is 13.3. The van der Waals surface area contributed by atoms with Crippen LogP contribution in [-0.4, -0.2) is 79.2 Å². The molecule has 0 radical (unpaired) electrons. The molecule has 11 heteroatoms. The van der Waals surface area contributed by atoms with Gasteiger partial charge in [-0.1, -0.05) is 42.3 Å². The number of allylic oxidation sites excluding steroid dienone is 3. The summed E-state index contributed by atoms with van der Waals surface area (Å²) < 4.78 is 22.4. The highest BCUT2D eigenvalue weighted by atomic mass is 35.5. The van der Waals surface area contributed by atoms with E-state index in [0.29, 0.717) is 17.9 Å². The first-order chi connectivity index (χ1) is 18.3. The Labute approximate surface area is 233 Å². The minimum atomic E-state index is -1.73. The van der Waals surface area contributed by atoms with Gasteiger partial charge in [0.2, 0.25) is 5.91 Å². The number of amides is 2. The highest BCUT2D eigenvalue weighted by molar-refractivity contribution is 6.35. The molecule has 4 bridgehead atoms. The summed E-state index contributed by atoms with van der Waals surface area (Å²) in [4.78, 5) is 27.1. The summed E-state index contributed by atoms with van der Waals surface area (Å²) in [6, 6.07) is 3.63. The lowest BCUT2D eigenvalue weighted by atomic mass is 9.84. The zero-order valence-electron chi connectivity index (χ0n) is 23.1. The number of nitrogens with zero attached hydrogens (tertiary/aromatic N) is 1. The van der Waals surface area contributed by atoms with E-state index in [1.54, 1.807) is 26.1 Å². The third-order valence-corrected chi connectivity index (χ3v) is 8.36. The van der Waals surface area contributed by atoms with Crippen LogP contribution in [0.1, 0.15) is 39.2 Å². The number of carbonyl (C=O) groups is 2. The second-order valence-corrected chi connectivity index (χ2v) is 11.2. The van der Waals surface area contributed by atoms with Crippen molar-refractivity contribution in [2.45, 2.75) is 75.8 Å². The summed E-state index contributed by atoms with van der Waals surface area (Å²) >= 11 is 6.58. The molecule has 2 unspecified atom stereocenters. The first-order valence-electron chi connectivity index (χ1n) is 12.9. The number of anilines is 1. The third kappa shape index (κ3) is 5.81. The summed E-state index contributed by atoms with van der Waals surface area (Å²) in [5, 5.41) is 25.3. The number of benzene rings is 1. The monoisotopic (exact) mass is 564 g/mol. The average molecular weight is 565 g/mol. The summed E-state index contributed by atoms with van der Waals surface area (Å²) in [5.41, 5.74) is -0.479. The predicted molar refractivity (Wildman–Crippen MR) is 145 cm³/mol. The van der Waals surface area contributed by atoms with Crippen LogP contribution >= 0.6 is 11.6 Å². The Morgan fingerprint density at radius 3 is 2.64 bits per heavy atom. The molecular weight excluding hydrogens is 528 g/mol. The van der Waals surface area contributed by atoms with Crippen LogP contribution in [0.4, 0.5) is 10.5 Å². The lowest BCUT2D eigenvalue weighted by molar-refractivity contribution is -0.142. The van der Waals surface area contributed by atoms with Crippen molar-refractivity contribution in [3.05, 3.63) is 46.5 Å². The Hall–Kier alpha value is -2.63. The number of carbonyl (C=O) groups excluding carboxylic acids is 2. The fourth-order valence-corrected chi connectivity index (χ4v) is 5.78. The number of methoxy groups -OCH3 is 2. The van der Waals surface area contributed by atoms with Crippen LogP contribution in [0.5, 0.6) is 5.75 Å². The van der Waals surface area contributed by atoms with E-state index in [2.05, 4.69) is 5.32 Å². The van der Waals surface area contributed by atoms with E-state index in [1.807, 2.05) is 32.1 Å². The van der Waals surface area contributed by atoms with Crippen molar-refractivity contribution < 1.29 is 38.7 Å². The number of aliphatic hydroxyl groups excluding tert-OH is 1. The number of epoxide rings is 1. The van der Waals surface area contributed by atoms with E-state index in [4.69, 9.17) is 30.5 Å². The normalized spacial score (nSPS) is 37.6. The Balaban J connectivity index is 1.74. The summed E-state index contributed by atoms with van der Waals surface area (Å²) in [7, 11) is 4.56. The van der Waals surface area contributed by atoms with Crippen LogP contribution < -0.4 is 15.0 Å². The number of hydrogen-bond acceptors (Lipinski definition) is 8. The molecule has 3 N–H and O–H groups in total. The second kappa shape index (κ2) is 11.1. The molecule has 4 rings (SSSR count). The Morgan fingerprint density at radius 2 is 1.97 bits per heavy atom. The fourth-order valence-electron chi connectivity index (χ4n) is 5.46. The lowest BCUT2D eigenvalue weighted by Crippen LogP contribution is -2.63. The second-order valence-electron chi connectivity index (χ2n) is 10.8. The van der Waals surface area contributed by atoms with Gasteiger partial charge in [-0.2, -0.15) is 0 Å². The number of ether oxygens (including phenoxy) is 4. The number of nitrogens with one attached hydrogen (secondary N) is 1. The maximum absolute atomic E-state index is 13.3. The highest BCUT2D eigenvalue weighted by Gasteiger charge is 2.62. The molecule has 3 aliphatic rings. The molecule has 10 nitrogen and oxygen atoms in total.